The summed E-state index contributed by atoms with van der Waals surface area (Å²) in [5.41, 5.74) is 1.80. The van der Waals surface area contributed by atoms with Crippen LogP contribution in [0, 0.1) is 0 Å². The highest BCUT2D eigenvalue weighted by Gasteiger charge is 2.45. The summed E-state index contributed by atoms with van der Waals surface area (Å²) in [5, 5.41) is 0.973. The highest BCUT2D eigenvalue weighted by Crippen LogP contribution is 2.40. The molecule has 2 aliphatic heterocycles. The largest absolute Gasteiger partial charge is 0.491 e. The first-order chi connectivity index (χ1) is 21.2. The van der Waals surface area contributed by atoms with Crippen LogP contribution in [-0.4, -0.2) is 59.9 Å². The molecule has 0 N–H and O–H groups in total. The Morgan fingerprint density at radius 3 is 2.48 bits per heavy atom. The van der Waals surface area contributed by atoms with Crippen LogP contribution in [0.5, 0.6) is 5.75 Å². The molecule has 0 bridgehead atoms. The van der Waals surface area contributed by atoms with Crippen molar-refractivity contribution in [1.29, 1.82) is 0 Å². The van der Waals surface area contributed by atoms with Gasteiger partial charge in [0.05, 0.1) is 30.1 Å². The molecule has 2 fully saturated rings. The van der Waals surface area contributed by atoms with Gasteiger partial charge in [-0.3, -0.25) is 4.90 Å². The Kier molecular flexibility index (Phi) is 9.07. The van der Waals surface area contributed by atoms with Crippen LogP contribution in [0.15, 0.2) is 85.5 Å². The Labute approximate surface area is 263 Å². The van der Waals surface area contributed by atoms with E-state index in [2.05, 4.69) is 14.8 Å². The Balaban J connectivity index is 1.02. The average molecular weight is 648 g/mol. The monoisotopic (exact) mass is 646 g/mol. The van der Waals surface area contributed by atoms with Gasteiger partial charge in [-0.05, 0) is 48.0 Å². The number of alkyl halides is 3. The molecular formula is C32H31Cl2F3N4O3. The third-order valence-corrected chi connectivity index (χ3v) is 8.37. The van der Waals surface area contributed by atoms with Crippen molar-refractivity contribution in [2.75, 3.05) is 44.3 Å². The quantitative estimate of drug-likeness (QED) is 0.198. The van der Waals surface area contributed by atoms with Crippen LogP contribution in [0.1, 0.15) is 16.7 Å². The number of piperazine rings is 1. The number of halogens is 5. The number of imidazole rings is 1. The van der Waals surface area contributed by atoms with E-state index in [1.165, 1.54) is 12.1 Å². The molecule has 7 nitrogen and oxygen atoms in total. The first-order valence-electron chi connectivity index (χ1n) is 14.3. The molecule has 3 aromatic carbocycles. The second-order valence-corrected chi connectivity index (χ2v) is 11.8. The Morgan fingerprint density at radius 2 is 1.77 bits per heavy atom. The van der Waals surface area contributed by atoms with Crippen molar-refractivity contribution in [2.45, 2.75) is 31.2 Å². The fourth-order valence-electron chi connectivity index (χ4n) is 5.59. The summed E-state index contributed by atoms with van der Waals surface area (Å²) in [6, 6.07) is 18.7. The lowest BCUT2D eigenvalue weighted by atomic mass is 10.1. The second kappa shape index (κ2) is 13.0. The van der Waals surface area contributed by atoms with E-state index in [-0.39, 0.29) is 12.7 Å². The third kappa shape index (κ3) is 7.16. The molecule has 12 heteroatoms. The Morgan fingerprint density at radius 1 is 0.977 bits per heavy atom. The van der Waals surface area contributed by atoms with Gasteiger partial charge in [-0.25, -0.2) is 4.98 Å². The van der Waals surface area contributed by atoms with E-state index in [0.717, 1.165) is 37.9 Å². The van der Waals surface area contributed by atoms with Gasteiger partial charge in [-0.1, -0.05) is 47.5 Å². The SMILES string of the molecule is FC(F)(F)c1cccc(CN2CCN(c3ccc(OCC4COC(Cn5ccnc5)(c5ccc(Cl)cc5Cl)O4)cc3)CC2)c1. The van der Waals surface area contributed by atoms with Crippen molar-refractivity contribution in [3.63, 3.8) is 0 Å². The van der Waals surface area contributed by atoms with E-state index >= 15 is 0 Å². The van der Waals surface area contributed by atoms with E-state index in [9.17, 15) is 13.2 Å². The summed E-state index contributed by atoms with van der Waals surface area (Å²) in [4.78, 5) is 8.57. The third-order valence-electron chi connectivity index (χ3n) is 7.82. The summed E-state index contributed by atoms with van der Waals surface area (Å²) >= 11 is 12.7. The molecule has 0 spiro atoms. The van der Waals surface area contributed by atoms with Crippen LogP contribution in [0.25, 0.3) is 0 Å². The van der Waals surface area contributed by atoms with Crippen molar-refractivity contribution < 1.29 is 27.4 Å². The zero-order valence-corrected chi connectivity index (χ0v) is 25.2. The van der Waals surface area contributed by atoms with E-state index in [1.807, 2.05) is 41.1 Å². The van der Waals surface area contributed by atoms with Crippen molar-refractivity contribution in [3.8, 4) is 5.75 Å². The van der Waals surface area contributed by atoms with E-state index in [1.54, 1.807) is 30.7 Å². The molecule has 2 saturated heterocycles. The molecule has 3 heterocycles. The van der Waals surface area contributed by atoms with Gasteiger partial charge in [-0.15, -0.1) is 0 Å². The standard InChI is InChI=1S/C32H31Cl2F3N4O3/c33-25-4-9-29(30(34)17-25)31(21-40-11-10-38-22-40)43-20-28(44-31)19-42-27-7-5-26(6-8-27)41-14-12-39(13-15-41)18-23-2-1-3-24(16-23)32(35,36)37/h1-11,16-17,22,28H,12-15,18-21H2. The fourth-order valence-corrected chi connectivity index (χ4v) is 6.14. The van der Waals surface area contributed by atoms with Crippen molar-refractivity contribution in [2.24, 2.45) is 0 Å². The lowest BCUT2D eigenvalue weighted by molar-refractivity contribution is -0.189. The topological polar surface area (TPSA) is 52.0 Å². The Bertz CT molecular complexity index is 1550. The minimum Gasteiger partial charge on any atom is -0.491 e. The Hall–Kier alpha value is -3.28. The predicted octanol–water partition coefficient (Wildman–Crippen LogP) is 6.88. The zero-order valence-electron chi connectivity index (χ0n) is 23.7. The van der Waals surface area contributed by atoms with Crippen LogP contribution >= 0.6 is 23.2 Å². The first-order valence-corrected chi connectivity index (χ1v) is 15.0. The number of hydrogen-bond acceptors (Lipinski definition) is 6. The summed E-state index contributed by atoms with van der Waals surface area (Å²) in [7, 11) is 0. The van der Waals surface area contributed by atoms with Crippen LogP contribution in [0.4, 0.5) is 18.9 Å². The van der Waals surface area contributed by atoms with Gasteiger partial charge in [0.2, 0.25) is 5.79 Å². The maximum Gasteiger partial charge on any atom is 0.416 e. The van der Waals surface area contributed by atoms with Gasteiger partial charge in [0.1, 0.15) is 18.5 Å². The molecule has 6 rings (SSSR count). The van der Waals surface area contributed by atoms with E-state index in [4.69, 9.17) is 37.4 Å². The van der Waals surface area contributed by atoms with Crippen LogP contribution < -0.4 is 9.64 Å². The molecule has 0 saturated carbocycles. The number of hydrogen-bond donors (Lipinski definition) is 0. The van der Waals surface area contributed by atoms with E-state index in [0.29, 0.717) is 46.6 Å². The van der Waals surface area contributed by atoms with Gasteiger partial charge in [0.25, 0.3) is 0 Å². The van der Waals surface area contributed by atoms with Crippen molar-refractivity contribution in [3.05, 3.63) is 112 Å². The smallest absolute Gasteiger partial charge is 0.416 e. The average Bonchev–Trinajstić information content (AvgIpc) is 3.67. The van der Waals surface area contributed by atoms with Crippen molar-refractivity contribution in [1.82, 2.24) is 14.5 Å². The van der Waals surface area contributed by atoms with Crippen LogP contribution in [0.2, 0.25) is 10.0 Å². The number of nitrogens with zero attached hydrogens (tertiary/aromatic N) is 4. The van der Waals surface area contributed by atoms with Gasteiger partial charge in [0, 0.05) is 61.4 Å². The highest BCUT2D eigenvalue weighted by molar-refractivity contribution is 6.35. The molecule has 2 unspecified atom stereocenters. The number of anilines is 1. The molecule has 1 aromatic heterocycles. The van der Waals surface area contributed by atoms with Gasteiger partial charge in [0.15, 0.2) is 0 Å². The number of aromatic nitrogens is 2. The molecule has 4 aromatic rings. The second-order valence-electron chi connectivity index (χ2n) is 10.9. The molecular weight excluding hydrogens is 616 g/mol. The normalized spacial score (nSPS) is 21.1. The predicted molar refractivity (Wildman–Crippen MR) is 162 cm³/mol. The zero-order chi connectivity index (χ0) is 30.7. The highest BCUT2D eigenvalue weighted by atomic mass is 35.5. The summed E-state index contributed by atoms with van der Waals surface area (Å²) in [5.74, 6) is -0.416. The molecule has 0 amide bonds. The first kappa shape index (κ1) is 30.7. The number of rotatable bonds is 9. The minimum absolute atomic E-state index is 0.282. The molecule has 0 radical (unpaired) electrons. The van der Waals surface area contributed by atoms with Gasteiger partial charge in [-0.2, -0.15) is 13.2 Å². The minimum atomic E-state index is -4.33. The lowest BCUT2D eigenvalue weighted by Crippen LogP contribution is -2.45. The fraction of sp³-hybridized carbons (Fsp3) is 0.344. The maximum absolute atomic E-state index is 13.1. The number of ether oxygens (including phenoxy) is 3. The summed E-state index contributed by atoms with van der Waals surface area (Å²) in [6.45, 7) is 4.51. The maximum atomic E-state index is 13.1. The summed E-state index contributed by atoms with van der Waals surface area (Å²) in [6.07, 6.45) is 0.547. The van der Waals surface area contributed by atoms with Crippen LogP contribution in [0.3, 0.4) is 0 Å². The van der Waals surface area contributed by atoms with Crippen molar-refractivity contribution >= 4 is 28.9 Å². The molecule has 44 heavy (non-hydrogen) atoms. The van der Waals surface area contributed by atoms with Crippen LogP contribution in [-0.2, 0) is 34.5 Å². The molecule has 2 atom stereocenters. The molecule has 2 aliphatic rings. The number of benzene rings is 3. The van der Waals surface area contributed by atoms with Gasteiger partial charge >= 0.3 is 6.18 Å². The molecule has 0 aliphatic carbocycles. The lowest BCUT2D eigenvalue weighted by Gasteiger charge is -2.36. The van der Waals surface area contributed by atoms with E-state index < -0.39 is 17.5 Å². The summed E-state index contributed by atoms with van der Waals surface area (Å²) < 4.78 is 59.9. The van der Waals surface area contributed by atoms with Gasteiger partial charge < -0.3 is 23.7 Å². The molecule has 232 valence electrons.